The van der Waals surface area contributed by atoms with Gasteiger partial charge in [-0.3, -0.25) is 4.79 Å². The van der Waals surface area contributed by atoms with E-state index >= 15 is 0 Å². The molecule has 0 rings (SSSR count). The summed E-state index contributed by atoms with van der Waals surface area (Å²) in [4.78, 5) is 9.42. The molecule has 0 aromatic carbocycles. The molecule has 0 N–H and O–H groups in total. The summed E-state index contributed by atoms with van der Waals surface area (Å²) in [6.07, 6.45) is 0. The molecule has 0 aromatic rings. The van der Waals surface area contributed by atoms with E-state index < -0.39 is 0 Å². The second-order valence-electron chi connectivity index (χ2n) is 0.226. The van der Waals surface area contributed by atoms with Crippen molar-refractivity contribution in [3.05, 3.63) is 0 Å². The van der Waals surface area contributed by atoms with Crippen molar-refractivity contribution in [2.75, 3.05) is 0 Å². The van der Waals surface area contributed by atoms with E-state index in [2.05, 4.69) is 0 Å². The summed E-state index contributed by atoms with van der Waals surface area (Å²) in [6, 6.07) is 0. The number of hydrogen-bond donors (Lipinski definition) is 0. The van der Waals surface area contributed by atoms with Gasteiger partial charge in [0, 0.05) is 65.3 Å². The minimum absolute atomic E-state index is 0. The Morgan fingerprint density at radius 3 is 1.40 bits per heavy atom. The third kappa shape index (κ3) is 26.1. The SMILES string of the molecule is O=C(I)I.[Ir]. The van der Waals surface area contributed by atoms with Crippen molar-refractivity contribution in [2.24, 2.45) is 0 Å². The van der Waals surface area contributed by atoms with Gasteiger partial charge in [0.1, 0.15) is 0 Å². The monoisotopic (exact) mass is 475 g/mol. The Bertz CT molecular complexity index is 32.6. The van der Waals surface area contributed by atoms with Gasteiger partial charge in [0.2, 0.25) is 0 Å². The quantitative estimate of drug-likeness (QED) is 0.388. The first-order valence-corrected chi connectivity index (χ1v) is 2.74. The van der Waals surface area contributed by atoms with Gasteiger partial charge in [0.05, 0.1) is 0 Å². The van der Waals surface area contributed by atoms with Crippen molar-refractivity contribution in [3.63, 3.8) is 0 Å². The molecule has 0 unspecified atom stereocenters. The zero-order valence-electron chi connectivity index (χ0n) is 2.00. The van der Waals surface area contributed by atoms with Crippen LogP contribution in [0.3, 0.4) is 0 Å². The van der Waals surface area contributed by atoms with E-state index in [9.17, 15) is 4.79 Å². The van der Waals surface area contributed by atoms with Crippen LogP contribution in [0.1, 0.15) is 0 Å². The molecule has 0 saturated heterocycles. The van der Waals surface area contributed by atoms with Crippen LogP contribution in [0, 0.1) is 0 Å². The van der Waals surface area contributed by atoms with Crippen molar-refractivity contribution >= 4 is 47.0 Å². The van der Waals surface area contributed by atoms with Crippen LogP contribution in [0.2, 0.25) is 0 Å². The fourth-order valence-corrected chi connectivity index (χ4v) is 0. The minimum Gasteiger partial charge on any atom is -0.276 e. The summed E-state index contributed by atoms with van der Waals surface area (Å²) in [6.45, 7) is 0. The van der Waals surface area contributed by atoms with Gasteiger partial charge in [-0.1, -0.05) is 0 Å². The molecule has 1 nitrogen and oxygen atoms in total. The number of hydrogen-bond acceptors (Lipinski definition) is 1. The Morgan fingerprint density at radius 2 is 1.40 bits per heavy atom. The van der Waals surface area contributed by atoms with E-state index in [0.717, 1.165) is 0 Å². The summed E-state index contributed by atoms with van der Waals surface area (Å²) in [5, 5.41) is 0. The zero-order chi connectivity index (χ0) is 3.58. The van der Waals surface area contributed by atoms with Gasteiger partial charge in [-0.25, -0.2) is 0 Å². The van der Waals surface area contributed by atoms with E-state index in [1.165, 1.54) is 0 Å². The van der Waals surface area contributed by atoms with Crippen LogP contribution in [0.4, 0.5) is 4.79 Å². The predicted molar refractivity (Wildman–Crippen MR) is 33.4 cm³/mol. The van der Waals surface area contributed by atoms with Crippen LogP contribution in [-0.4, -0.2) is 1.80 Å². The Hall–Kier alpha value is 1.78. The second kappa shape index (κ2) is 5.78. The molecule has 0 bridgehead atoms. The molecule has 0 atom stereocenters. The second-order valence-corrected chi connectivity index (χ2v) is 4.25. The third-order valence-electron chi connectivity index (χ3n) is 0. The average Bonchev–Trinajstić information content (AvgIpc) is 0.811. The summed E-state index contributed by atoms with van der Waals surface area (Å²) >= 11 is 3.38. The van der Waals surface area contributed by atoms with E-state index in [1.807, 2.05) is 0 Å². The maximum absolute atomic E-state index is 9.42. The number of carbonyl (C=O) groups excluding carboxylic acids is 1. The molecule has 33 valence electrons. The smallest absolute Gasteiger partial charge is 0.251 e. The van der Waals surface area contributed by atoms with Crippen LogP contribution >= 0.6 is 45.2 Å². The molecule has 0 heterocycles. The molecular weight excluding hydrogens is 474 g/mol. The van der Waals surface area contributed by atoms with Gasteiger partial charge in [-0.2, -0.15) is 0 Å². The molecule has 0 aromatic heterocycles. The average molecular weight is 474 g/mol. The number of carbonyl (C=O) groups is 1. The maximum Gasteiger partial charge on any atom is 0.251 e. The molecule has 0 aliphatic heterocycles. The molecule has 0 saturated carbocycles. The Balaban J connectivity index is 0. The summed E-state index contributed by atoms with van der Waals surface area (Å²) in [5.74, 6) is 0. The molecule has 0 amide bonds. The van der Waals surface area contributed by atoms with E-state index in [4.69, 9.17) is 0 Å². The normalized spacial score (nSPS) is 5.20. The summed E-state index contributed by atoms with van der Waals surface area (Å²) in [5.41, 5.74) is 0. The predicted octanol–water partition coefficient (Wildman–Crippen LogP) is 1.97. The number of halogens is 2. The fraction of sp³-hybridized carbons (Fsp3) is 0. The van der Waals surface area contributed by atoms with Crippen molar-refractivity contribution in [1.29, 1.82) is 0 Å². The minimum atomic E-state index is 0. The Kier molecular flexibility index (Phi) is 11.5. The molecule has 1 radical (unpaired) electrons. The molecule has 5 heavy (non-hydrogen) atoms. The van der Waals surface area contributed by atoms with Gasteiger partial charge in [-0.05, 0) is 0 Å². The fourth-order valence-electron chi connectivity index (χ4n) is 0. The van der Waals surface area contributed by atoms with Crippen LogP contribution in [0.25, 0.3) is 0 Å². The molecule has 0 fully saturated rings. The van der Waals surface area contributed by atoms with E-state index in [0.29, 0.717) is 0 Å². The standard InChI is InChI=1S/CI2O.Ir/c2-1(3)4;. The Morgan fingerprint density at radius 1 is 1.40 bits per heavy atom. The van der Waals surface area contributed by atoms with Crippen molar-refractivity contribution in [1.82, 2.24) is 0 Å². The molecule has 0 aliphatic carbocycles. The first-order chi connectivity index (χ1) is 1.73. The van der Waals surface area contributed by atoms with Crippen LogP contribution in [-0.2, 0) is 20.1 Å². The first kappa shape index (κ1) is 9.91. The van der Waals surface area contributed by atoms with E-state index in [1.54, 1.807) is 45.2 Å². The van der Waals surface area contributed by atoms with Crippen molar-refractivity contribution < 1.29 is 24.9 Å². The van der Waals surface area contributed by atoms with Gasteiger partial charge in [0.25, 0.3) is 1.80 Å². The maximum atomic E-state index is 9.42. The van der Waals surface area contributed by atoms with E-state index in [-0.39, 0.29) is 21.9 Å². The largest absolute Gasteiger partial charge is 0.276 e. The Labute approximate surface area is 70.9 Å². The van der Waals surface area contributed by atoms with Crippen molar-refractivity contribution in [3.8, 4) is 0 Å². The number of rotatable bonds is 0. The third-order valence-corrected chi connectivity index (χ3v) is 0. The van der Waals surface area contributed by atoms with Gasteiger partial charge in [-0.15, -0.1) is 0 Å². The van der Waals surface area contributed by atoms with Crippen LogP contribution in [0.15, 0.2) is 0 Å². The van der Waals surface area contributed by atoms with Gasteiger partial charge >= 0.3 is 0 Å². The van der Waals surface area contributed by atoms with Gasteiger partial charge in [0.15, 0.2) is 0 Å². The van der Waals surface area contributed by atoms with Gasteiger partial charge < -0.3 is 0 Å². The topological polar surface area (TPSA) is 17.1 Å². The van der Waals surface area contributed by atoms with Crippen molar-refractivity contribution in [2.45, 2.75) is 0 Å². The molecule has 0 spiro atoms. The van der Waals surface area contributed by atoms with Crippen LogP contribution in [0.5, 0.6) is 0 Å². The first-order valence-electron chi connectivity index (χ1n) is 0.582. The summed E-state index contributed by atoms with van der Waals surface area (Å²) < 4.78 is 0.107. The zero-order valence-corrected chi connectivity index (χ0v) is 8.71. The summed E-state index contributed by atoms with van der Waals surface area (Å²) in [7, 11) is 0. The molecule has 0 aliphatic rings. The molecule has 4 heteroatoms. The molecular formula is CI2IrO. The van der Waals surface area contributed by atoms with Crippen LogP contribution < -0.4 is 0 Å².